The highest BCUT2D eigenvalue weighted by Gasteiger charge is 2.53. The number of imidazole rings is 1. The molecule has 2 fully saturated rings. The average molecular weight is 396 g/mol. The molecule has 0 radical (unpaired) electrons. The average Bonchev–Trinajstić information content (AvgIpc) is 3.15. The lowest BCUT2D eigenvalue weighted by Gasteiger charge is -2.52. The zero-order valence-corrected chi connectivity index (χ0v) is 17.7. The highest BCUT2D eigenvalue weighted by atomic mass is 16.5. The fourth-order valence-corrected chi connectivity index (χ4v) is 6.16. The number of aliphatic hydroxyl groups is 1. The number of aromatic nitrogens is 2. The third-order valence-electron chi connectivity index (χ3n) is 7.63. The Hall–Kier alpha value is -1.85. The number of likely N-dealkylation sites (tertiary alicyclic amines) is 1. The van der Waals surface area contributed by atoms with Crippen molar-refractivity contribution in [1.82, 2.24) is 14.5 Å². The fraction of sp³-hybridized carbons (Fsp3) is 0.625. The van der Waals surface area contributed by atoms with Gasteiger partial charge in [-0.1, -0.05) is 12.5 Å². The van der Waals surface area contributed by atoms with E-state index in [0.717, 1.165) is 44.0 Å². The summed E-state index contributed by atoms with van der Waals surface area (Å²) in [6, 6.07) is 4.67. The largest absolute Gasteiger partial charge is 0.496 e. The number of fused-ring (bicyclic) bond motifs is 3. The van der Waals surface area contributed by atoms with Crippen molar-refractivity contribution in [2.75, 3.05) is 20.2 Å². The molecule has 2 bridgehead atoms. The van der Waals surface area contributed by atoms with Crippen LogP contribution in [-0.4, -0.2) is 39.8 Å². The molecule has 1 aliphatic heterocycles. The van der Waals surface area contributed by atoms with Crippen molar-refractivity contribution in [2.24, 2.45) is 18.9 Å². The molecule has 2 aliphatic carbocycles. The summed E-state index contributed by atoms with van der Waals surface area (Å²) in [5.74, 6) is 2.35. The summed E-state index contributed by atoms with van der Waals surface area (Å²) in [6.07, 6.45) is 12.1. The van der Waals surface area contributed by atoms with Crippen molar-refractivity contribution >= 4 is 0 Å². The number of piperidine rings is 1. The Morgan fingerprint density at radius 2 is 1.79 bits per heavy atom. The lowest BCUT2D eigenvalue weighted by atomic mass is 9.65. The Morgan fingerprint density at radius 3 is 2.41 bits per heavy atom. The topological polar surface area (TPSA) is 50.5 Å². The summed E-state index contributed by atoms with van der Waals surface area (Å²) < 4.78 is 7.78. The second-order valence-corrected chi connectivity index (χ2v) is 9.35. The van der Waals surface area contributed by atoms with E-state index in [1.54, 1.807) is 7.11 Å². The minimum absolute atomic E-state index is 0.236. The maximum atomic E-state index is 11.8. The van der Waals surface area contributed by atoms with Gasteiger partial charge in [-0.2, -0.15) is 0 Å². The Bertz CT molecular complexity index is 876. The van der Waals surface area contributed by atoms with Crippen molar-refractivity contribution in [3.63, 3.8) is 0 Å². The van der Waals surface area contributed by atoms with Crippen LogP contribution in [0.3, 0.4) is 0 Å². The molecular formula is C24H33N3O2. The molecule has 1 saturated heterocycles. The molecule has 0 spiro atoms. The van der Waals surface area contributed by atoms with E-state index in [4.69, 9.17) is 4.74 Å². The van der Waals surface area contributed by atoms with E-state index in [-0.39, 0.29) is 11.8 Å². The summed E-state index contributed by atoms with van der Waals surface area (Å²) in [4.78, 5) is 7.09. The second-order valence-electron chi connectivity index (χ2n) is 9.35. The van der Waals surface area contributed by atoms with Crippen molar-refractivity contribution in [3.8, 4) is 5.75 Å². The van der Waals surface area contributed by atoms with Gasteiger partial charge in [0.05, 0.1) is 7.11 Å². The summed E-state index contributed by atoms with van der Waals surface area (Å²) in [5, 5.41) is 11.8. The zero-order chi connectivity index (χ0) is 20.0. The predicted octanol–water partition coefficient (Wildman–Crippen LogP) is 3.43. The van der Waals surface area contributed by atoms with Crippen LogP contribution in [0.2, 0.25) is 0 Å². The van der Waals surface area contributed by atoms with Crippen LogP contribution in [0, 0.1) is 11.8 Å². The van der Waals surface area contributed by atoms with Crippen LogP contribution in [0.5, 0.6) is 5.75 Å². The SMILES string of the molecule is COc1cc2c(cc1CN1C[C@@H]3CCC[C@@H](C1)C3(O)c1nccn1C)CCCC2. The third kappa shape index (κ3) is 3.19. The number of rotatable bonds is 4. The molecule has 5 heteroatoms. The van der Waals surface area contributed by atoms with Gasteiger partial charge in [0, 0.05) is 56.5 Å². The summed E-state index contributed by atoms with van der Waals surface area (Å²) in [7, 11) is 3.79. The Kier molecular flexibility index (Phi) is 4.91. The van der Waals surface area contributed by atoms with Crippen molar-refractivity contribution in [3.05, 3.63) is 47.0 Å². The third-order valence-corrected chi connectivity index (χ3v) is 7.63. The molecule has 1 aromatic carbocycles. The first kappa shape index (κ1) is 19.1. The van der Waals surface area contributed by atoms with Crippen LogP contribution in [0.4, 0.5) is 0 Å². The van der Waals surface area contributed by atoms with Gasteiger partial charge in [-0.15, -0.1) is 0 Å². The molecule has 5 nitrogen and oxygen atoms in total. The van der Waals surface area contributed by atoms with E-state index in [1.807, 2.05) is 24.0 Å². The molecule has 0 amide bonds. The van der Waals surface area contributed by atoms with Crippen LogP contribution < -0.4 is 4.74 Å². The van der Waals surface area contributed by atoms with Crippen LogP contribution in [0.1, 0.15) is 54.6 Å². The predicted molar refractivity (Wildman–Crippen MR) is 113 cm³/mol. The number of hydrogen-bond donors (Lipinski definition) is 1. The fourth-order valence-electron chi connectivity index (χ4n) is 6.16. The monoisotopic (exact) mass is 395 g/mol. The maximum Gasteiger partial charge on any atom is 0.141 e. The molecule has 29 heavy (non-hydrogen) atoms. The van der Waals surface area contributed by atoms with Gasteiger partial charge in [0.15, 0.2) is 0 Å². The molecule has 1 N–H and O–H groups in total. The summed E-state index contributed by atoms with van der Waals surface area (Å²) >= 11 is 0. The van der Waals surface area contributed by atoms with E-state index in [9.17, 15) is 5.11 Å². The molecule has 2 heterocycles. The Labute approximate surface area is 173 Å². The van der Waals surface area contributed by atoms with Crippen molar-refractivity contribution in [2.45, 2.75) is 57.1 Å². The summed E-state index contributed by atoms with van der Waals surface area (Å²) in [5.41, 5.74) is 3.48. The van der Waals surface area contributed by atoms with Crippen LogP contribution in [-0.2, 0) is 32.0 Å². The Morgan fingerprint density at radius 1 is 1.10 bits per heavy atom. The molecule has 5 rings (SSSR count). The van der Waals surface area contributed by atoms with E-state index in [2.05, 4.69) is 22.0 Å². The number of ether oxygens (including phenoxy) is 1. The first-order valence-electron chi connectivity index (χ1n) is 11.2. The summed E-state index contributed by atoms with van der Waals surface area (Å²) in [6.45, 7) is 2.74. The number of hydrogen-bond acceptors (Lipinski definition) is 4. The highest BCUT2D eigenvalue weighted by molar-refractivity contribution is 5.44. The minimum atomic E-state index is -0.799. The molecule has 156 valence electrons. The van der Waals surface area contributed by atoms with Gasteiger partial charge in [-0.3, -0.25) is 4.90 Å². The van der Waals surface area contributed by atoms with Gasteiger partial charge in [-0.25, -0.2) is 4.98 Å². The van der Waals surface area contributed by atoms with Gasteiger partial charge in [0.1, 0.15) is 17.2 Å². The molecule has 3 aliphatic rings. The normalized spacial score (nSPS) is 29.5. The van der Waals surface area contributed by atoms with E-state index in [0.29, 0.717) is 0 Å². The second kappa shape index (κ2) is 7.44. The van der Waals surface area contributed by atoms with Crippen LogP contribution >= 0.6 is 0 Å². The Balaban J connectivity index is 1.40. The lowest BCUT2D eigenvalue weighted by molar-refractivity contribution is -0.155. The van der Waals surface area contributed by atoms with E-state index in [1.165, 1.54) is 48.8 Å². The van der Waals surface area contributed by atoms with Gasteiger partial charge in [0.2, 0.25) is 0 Å². The van der Waals surface area contributed by atoms with Crippen molar-refractivity contribution < 1.29 is 9.84 Å². The zero-order valence-electron chi connectivity index (χ0n) is 17.7. The maximum absolute atomic E-state index is 11.8. The number of nitrogens with zero attached hydrogens (tertiary/aromatic N) is 3. The van der Waals surface area contributed by atoms with Gasteiger partial charge < -0.3 is 14.4 Å². The molecule has 1 saturated carbocycles. The molecule has 0 unspecified atom stereocenters. The van der Waals surface area contributed by atoms with Gasteiger partial charge in [-0.05, 0) is 55.7 Å². The minimum Gasteiger partial charge on any atom is -0.496 e. The highest BCUT2D eigenvalue weighted by Crippen LogP contribution is 2.49. The molecule has 2 aromatic rings. The standard InChI is InChI=1S/C24H33N3O2/c1-26-11-10-25-23(26)24(28)20-8-5-9-21(24)16-27(15-20)14-19-12-17-6-3-4-7-18(17)13-22(19)29-2/h10-13,20-21,28H,3-9,14-16H2,1-2H3/t20-,21-/m0/s1. The van der Waals surface area contributed by atoms with Crippen LogP contribution in [0.15, 0.2) is 24.5 Å². The number of methoxy groups -OCH3 is 1. The first-order chi connectivity index (χ1) is 14.1. The first-order valence-corrected chi connectivity index (χ1v) is 11.2. The quantitative estimate of drug-likeness (QED) is 0.862. The van der Waals surface area contributed by atoms with E-state index >= 15 is 0 Å². The van der Waals surface area contributed by atoms with Gasteiger partial charge >= 0.3 is 0 Å². The number of benzene rings is 1. The van der Waals surface area contributed by atoms with Crippen molar-refractivity contribution in [1.29, 1.82) is 0 Å². The lowest BCUT2D eigenvalue weighted by Crippen LogP contribution is -2.58. The van der Waals surface area contributed by atoms with Gasteiger partial charge in [0.25, 0.3) is 0 Å². The van der Waals surface area contributed by atoms with E-state index < -0.39 is 5.60 Å². The molecular weight excluding hydrogens is 362 g/mol. The number of aryl methyl sites for hydroxylation is 3. The molecule has 1 aromatic heterocycles. The van der Waals surface area contributed by atoms with Crippen LogP contribution in [0.25, 0.3) is 0 Å². The smallest absolute Gasteiger partial charge is 0.141 e. The molecule has 2 atom stereocenters.